The van der Waals surface area contributed by atoms with E-state index in [1.165, 1.54) is 0 Å². The van der Waals surface area contributed by atoms with Gasteiger partial charge in [0.2, 0.25) is 0 Å². The summed E-state index contributed by atoms with van der Waals surface area (Å²) >= 11 is 0. The van der Waals surface area contributed by atoms with Gasteiger partial charge in [0.25, 0.3) is 6.17 Å². The SMILES string of the molecule is Cc1ccc(C(=[N+]=[N-])[C]2[N][N][N][N]2)cc1.[Na+]. The third kappa shape index (κ3) is 2.98. The number of benzene rings is 1. The molecule has 1 aromatic carbocycles. The summed E-state index contributed by atoms with van der Waals surface area (Å²) in [5.41, 5.74) is 24.9. The molecule has 0 bridgehead atoms. The topological polar surface area (TPSA) is 92.8 Å². The summed E-state index contributed by atoms with van der Waals surface area (Å²) in [7, 11) is 0. The van der Waals surface area contributed by atoms with Gasteiger partial charge in [-0.15, -0.1) is 0 Å². The molecule has 1 aliphatic heterocycles. The van der Waals surface area contributed by atoms with Gasteiger partial charge in [-0.25, -0.2) is 0 Å². The van der Waals surface area contributed by atoms with Crippen LogP contribution in [-0.2, 0) is 0 Å². The van der Waals surface area contributed by atoms with E-state index < -0.39 is 0 Å². The van der Waals surface area contributed by atoms with E-state index in [4.69, 9.17) is 5.53 Å². The van der Waals surface area contributed by atoms with Gasteiger partial charge in [0.15, 0.2) is 0 Å². The van der Waals surface area contributed by atoms with Gasteiger partial charge in [-0.2, -0.15) is 4.79 Å². The van der Waals surface area contributed by atoms with Crippen molar-refractivity contribution in [3.05, 3.63) is 47.1 Å². The molecule has 0 atom stereocenters. The quantitative estimate of drug-likeness (QED) is 0.217. The van der Waals surface area contributed by atoms with Crippen LogP contribution in [0.25, 0.3) is 5.53 Å². The molecule has 0 amide bonds. The number of hydrogen-bond donors (Lipinski definition) is 0. The van der Waals surface area contributed by atoms with Gasteiger partial charge in [0.1, 0.15) is 0 Å². The van der Waals surface area contributed by atoms with Gasteiger partial charge < -0.3 is 5.53 Å². The third-order valence-corrected chi connectivity index (χ3v) is 1.96. The number of hydrogen-bond acceptors (Lipinski definition) is 0. The molecule has 1 fully saturated rings. The van der Waals surface area contributed by atoms with E-state index in [2.05, 4.69) is 26.7 Å². The minimum Gasteiger partial charge on any atom is -0.361 e. The van der Waals surface area contributed by atoms with Crippen LogP contribution in [0.4, 0.5) is 0 Å². The molecule has 73 valence electrons. The van der Waals surface area contributed by atoms with Crippen LogP contribution in [0.3, 0.4) is 0 Å². The molecule has 2 rings (SSSR count). The fraction of sp³-hybridized carbons (Fsp3) is 0.111. The molecule has 5 radical (unpaired) electrons. The summed E-state index contributed by atoms with van der Waals surface area (Å²) < 4.78 is 0. The molecular weight excluding hydrogens is 215 g/mol. The largest absolute Gasteiger partial charge is 1.00 e. The standard InChI is InChI=1S/C9H7N6.Na/c1-6-2-4-7(5-3-6)8(11-10)9-12-14-15-13-9;/h2-5H,1H3;/q;+1. The molecule has 0 N–H and O–H groups in total. The summed E-state index contributed by atoms with van der Waals surface area (Å²) in [6.45, 7) is 1.97. The fourth-order valence-corrected chi connectivity index (χ4v) is 1.18. The molecule has 16 heavy (non-hydrogen) atoms. The van der Waals surface area contributed by atoms with E-state index in [0.29, 0.717) is 0 Å². The maximum Gasteiger partial charge on any atom is 1.00 e. The molecule has 1 saturated heterocycles. The van der Waals surface area contributed by atoms with Crippen molar-refractivity contribution in [3.63, 3.8) is 0 Å². The number of aryl methyl sites for hydroxylation is 1. The van der Waals surface area contributed by atoms with Crippen LogP contribution >= 0.6 is 0 Å². The second-order valence-electron chi connectivity index (χ2n) is 3.02. The van der Waals surface area contributed by atoms with Crippen molar-refractivity contribution >= 4 is 5.71 Å². The fourth-order valence-electron chi connectivity index (χ4n) is 1.18. The third-order valence-electron chi connectivity index (χ3n) is 1.96. The first-order valence-electron chi connectivity index (χ1n) is 4.29. The van der Waals surface area contributed by atoms with E-state index in [1.807, 2.05) is 31.2 Å². The first kappa shape index (κ1) is 13.5. The van der Waals surface area contributed by atoms with Gasteiger partial charge in [-0.3, -0.25) is 0 Å². The average molecular weight is 222 g/mol. The summed E-state index contributed by atoms with van der Waals surface area (Å²) in [5, 5.41) is 0. The van der Waals surface area contributed by atoms with Crippen molar-refractivity contribution in [2.45, 2.75) is 6.92 Å². The van der Waals surface area contributed by atoms with Crippen LogP contribution in [0, 0.1) is 13.1 Å². The number of nitrogens with zero attached hydrogens (tertiary/aromatic N) is 6. The van der Waals surface area contributed by atoms with Crippen LogP contribution in [-0.4, -0.2) is 10.5 Å². The molecule has 0 aromatic heterocycles. The minimum atomic E-state index is 0. The van der Waals surface area contributed by atoms with Crippen LogP contribution in [0.1, 0.15) is 11.1 Å². The molecule has 0 aliphatic carbocycles. The average Bonchev–Trinajstić information content (AvgIpc) is 2.75. The summed E-state index contributed by atoms with van der Waals surface area (Å²) in [6.07, 6.45) is 0.210. The maximum absolute atomic E-state index is 8.87. The molecule has 6 nitrogen and oxygen atoms in total. The summed E-state index contributed by atoms with van der Waals surface area (Å²) in [6, 6.07) is 7.45. The molecule has 0 spiro atoms. The predicted molar refractivity (Wildman–Crippen MR) is 50.7 cm³/mol. The van der Waals surface area contributed by atoms with Crippen molar-refractivity contribution in [1.29, 1.82) is 0 Å². The molecule has 7 heteroatoms. The summed E-state index contributed by atoms with van der Waals surface area (Å²) in [5.74, 6) is 0. The zero-order valence-electron chi connectivity index (χ0n) is 8.99. The van der Waals surface area contributed by atoms with Gasteiger partial charge in [-0.1, -0.05) is 28.5 Å². The van der Waals surface area contributed by atoms with E-state index in [1.54, 1.807) is 0 Å². The van der Waals surface area contributed by atoms with Crippen LogP contribution in [0.2, 0.25) is 0 Å². The van der Waals surface area contributed by atoms with E-state index in [9.17, 15) is 0 Å². The second kappa shape index (κ2) is 6.24. The van der Waals surface area contributed by atoms with Crippen molar-refractivity contribution in [1.82, 2.24) is 21.9 Å². The van der Waals surface area contributed by atoms with Crippen molar-refractivity contribution in [2.24, 2.45) is 0 Å². The molecule has 0 saturated carbocycles. The maximum atomic E-state index is 8.87. The molecule has 1 aromatic rings. The Morgan fingerprint density at radius 1 is 1.12 bits per heavy atom. The van der Waals surface area contributed by atoms with Gasteiger partial charge >= 0.3 is 35.3 Å². The van der Waals surface area contributed by atoms with E-state index in [-0.39, 0.29) is 41.4 Å². The Labute approximate surface area is 116 Å². The zero-order valence-corrected chi connectivity index (χ0v) is 11.0. The van der Waals surface area contributed by atoms with Crippen molar-refractivity contribution in [2.75, 3.05) is 0 Å². The minimum absolute atomic E-state index is 0. The predicted octanol–water partition coefficient (Wildman–Crippen LogP) is -3.32. The molecule has 1 heterocycles. The number of rotatable bonds is 2. The Morgan fingerprint density at radius 3 is 2.19 bits per heavy atom. The Kier molecular flexibility index (Phi) is 5.27. The first-order chi connectivity index (χ1) is 7.31. The van der Waals surface area contributed by atoms with E-state index >= 15 is 0 Å². The first-order valence-corrected chi connectivity index (χ1v) is 4.29. The Bertz CT molecular complexity index is 391. The summed E-state index contributed by atoms with van der Waals surface area (Å²) in [4.78, 5) is 3.14. The monoisotopic (exact) mass is 222 g/mol. The Hall–Kier alpha value is -0.560. The molecular formula is C9H7N6Na+. The zero-order chi connectivity index (χ0) is 10.7. The van der Waals surface area contributed by atoms with Crippen LogP contribution in [0.5, 0.6) is 0 Å². The Morgan fingerprint density at radius 2 is 1.69 bits per heavy atom. The van der Waals surface area contributed by atoms with Gasteiger partial charge in [0.05, 0.1) is 5.56 Å². The molecule has 1 aliphatic rings. The Balaban J connectivity index is 0.00000128. The second-order valence-corrected chi connectivity index (χ2v) is 3.02. The normalized spacial score (nSPS) is 15.3. The smallest absolute Gasteiger partial charge is 0.361 e. The van der Waals surface area contributed by atoms with Crippen LogP contribution in [0.15, 0.2) is 24.3 Å². The van der Waals surface area contributed by atoms with Crippen LogP contribution < -0.4 is 51.5 Å². The van der Waals surface area contributed by atoms with Gasteiger partial charge in [0, 0.05) is 0 Å². The van der Waals surface area contributed by atoms with Crippen molar-refractivity contribution in [3.8, 4) is 0 Å². The van der Waals surface area contributed by atoms with E-state index in [0.717, 1.165) is 11.1 Å². The van der Waals surface area contributed by atoms with Crippen molar-refractivity contribution < 1.29 is 34.3 Å². The molecule has 0 unspecified atom stereocenters. The van der Waals surface area contributed by atoms with Gasteiger partial charge in [-0.05, 0) is 30.1 Å².